The number of hydrogen-bond acceptors (Lipinski definition) is 8. The molecule has 1 aliphatic rings. The lowest BCUT2D eigenvalue weighted by Crippen LogP contribution is -2.44. The molecule has 1 aliphatic heterocycles. The summed E-state index contributed by atoms with van der Waals surface area (Å²) in [4.78, 5) is 24.2. The minimum atomic E-state index is -0.691. The number of nitrogens with zero attached hydrogens (tertiary/aromatic N) is 3. The number of anilines is 2. The molecule has 1 atom stereocenters. The highest BCUT2D eigenvalue weighted by molar-refractivity contribution is 5.92. The lowest BCUT2D eigenvalue weighted by Gasteiger charge is -2.24. The number of ether oxygens (including phenoxy) is 3. The second kappa shape index (κ2) is 11.6. The van der Waals surface area contributed by atoms with Gasteiger partial charge in [-0.15, -0.1) is 0 Å². The first-order chi connectivity index (χ1) is 16.3. The quantitative estimate of drug-likeness (QED) is 0.206. The van der Waals surface area contributed by atoms with Gasteiger partial charge >= 0.3 is 0 Å². The van der Waals surface area contributed by atoms with Crippen molar-refractivity contribution in [3.05, 3.63) is 12.1 Å². The van der Waals surface area contributed by atoms with Crippen LogP contribution in [0, 0.1) is 0 Å². The molecule has 34 heavy (non-hydrogen) atoms. The van der Waals surface area contributed by atoms with Gasteiger partial charge in [0.2, 0.25) is 5.95 Å². The third-order valence-corrected chi connectivity index (χ3v) is 5.90. The Morgan fingerprint density at radius 3 is 2.71 bits per heavy atom. The third-order valence-electron chi connectivity index (χ3n) is 5.90. The fourth-order valence-electron chi connectivity index (χ4n) is 4.09. The van der Waals surface area contributed by atoms with Crippen LogP contribution < -0.4 is 25.0 Å². The molecule has 472 valence electrons. The van der Waals surface area contributed by atoms with Gasteiger partial charge < -0.3 is 29.7 Å². The Bertz CT molecular complexity index is 1100. The summed E-state index contributed by atoms with van der Waals surface area (Å²) in [6.07, 6.45) is 2.49. The van der Waals surface area contributed by atoms with Crippen molar-refractivity contribution in [2.24, 2.45) is 0 Å². The molecule has 0 bridgehead atoms. The summed E-state index contributed by atoms with van der Waals surface area (Å²) in [5.74, 6) is 2.69. The van der Waals surface area contributed by atoms with Crippen molar-refractivity contribution in [3.63, 3.8) is 0 Å². The molecule has 1 saturated heterocycles. The third kappa shape index (κ3) is 6.00. The summed E-state index contributed by atoms with van der Waals surface area (Å²) in [6, 6.07) is 3.85. The summed E-state index contributed by atoms with van der Waals surface area (Å²) in [5, 5.41) is 7.08. The molecule has 1 aromatic carbocycles. The zero-order valence-electron chi connectivity index (χ0n) is 21.4. The first kappa shape index (κ1) is 25.8. The van der Waals surface area contributed by atoms with Crippen molar-refractivity contribution in [2.75, 3.05) is 50.1 Å². The first-order valence-electron chi connectivity index (χ1n) is 12.3. The van der Waals surface area contributed by atoms with E-state index >= 15 is 0 Å². The van der Waals surface area contributed by atoms with E-state index in [-0.39, 0.29) is 215 Å². The molecular formula is C25H323N5O4. The standard InChI is InChI=1S/C25H39N5O4.142H2/c1-7-30(13-10-12-27-23(31)25(5)11-9-14-33-25)24-28-19-16-21(34-17(3)4)20(32-8-2)15-18(19)22(26-6)29-24;;;;;;;;;;;;;;;;;;;;;;;;;;;;;;;;;;;;;;;;;;;;;;;;;;;;;;;;;;;;;;;;;;;;;;;;;;;;;;;;;;;;;;;;;;;;;;;;;;;;;;;;;;;;;;;;;;;;;;;;;;;;;;;;;;;;;;;;;;;;;;/h15-17H,7-14H2,1-6H3,(H,27,31)(H,26,28,29);142*1H. The Kier molecular flexibility index (Phi) is 8.77. The van der Waals surface area contributed by atoms with Gasteiger partial charge in [-0.3, -0.25) is 4.79 Å². The van der Waals surface area contributed by atoms with Crippen molar-refractivity contribution < 1.29 is 222 Å². The highest BCUT2D eigenvalue weighted by atomic mass is 16.5. The molecule has 0 radical (unpaired) electrons. The minimum absolute atomic E-state index is 0. The number of carbonyl (C=O) groups excluding carboxylic acids is 1. The van der Waals surface area contributed by atoms with Gasteiger partial charge in [-0.25, -0.2) is 4.98 Å². The zero-order valence-corrected chi connectivity index (χ0v) is 21.4. The number of nitrogens with one attached hydrogen (secondary N) is 2. The molecule has 2 N–H and O–H groups in total. The number of benzene rings is 1. The average molecular weight is 760 g/mol. The fraction of sp³-hybridized carbons (Fsp3) is 0.640. The second-order valence-corrected chi connectivity index (χ2v) is 8.91. The highest BCUT2D eigenvalue weighted by Crippen LogP contribution is 2.36. The largest absolute Gasteiger partial charge is 0.490 e. The number of amides is 1. The van der Waals surface area contributed by atoms with Gasteiger partial charge in [0.25, 0.3) is 5.91 Å². The summed E-state index contributed by atoms with van der Waals surface area (Å²) in [6.45, 7) is 13.1. The van der Waals surface area contributed by atoms with E-state index in [1.807, 2.05) is 46.9 Å². The molecule has 2 heterocycles. The van der Waals surface area contributed by atoms with Crippen LogP contribution in [-0.4, -0.2) is 67.5 Å². The Labute approximate surface area is 413 Å². The van der Waals surface area contributed by atoms with Gasteiger partial charge in [0, 0.05) is 247 Å². The topological polar surface area (TPSA) is 97.8 Å². The number of rotatable bonds is 12. The van der Waals surface area contributed by atoms with Gasteiger partial charge in [0.05, 0.1) is 18.2 Å². The van der Waals surface area contributed by atoms with Crippen molar-refractivity contribution >= 4 is 28.6 Å². The fourth-order valence-corrected chi connectivity index (χ4v) is 4.09. The lowest BCUT2D eigenvalue weighted by molar-refractivity contribution is -0.139. The number of fused-ring (bicyclic) bond motifs is 1. The highest BCUT2D eigenvalue weighted by Gasteiger charge is 2.37. The molecule has 0 aliphatic carbocycles. The summed E-state index contributed by atoms with van der Waals surface area (Å²) in [7, 11) is 1.85. The predicted octanol–water partition coefficient (Wildman–Crippen LogP) is 38.7. The van der Waals surface area contributed by atoms with Gasteiger partial charge in [0.15, 0.2) is 11.5 Å². The Hall–Kier alpha value is -2.81. The Balaban J connectivity index is -0.000000000661. The van der Waals surface area contributed by atoms with Crippen molar-refractivity contribution in [3.8, 4) is 11.5 Å². The number of hydrogen-bond donors (Lipinski definition) is 2. The van der Waals surface area contributed by atoms with E-state index < -0.39 is 5.60 Å². The van der Waals surface area contributed by atoms with Crippen LogP contribution in [-0.2, 0) is 9.53 Å². The molecule has 2 aromatic rings. The number of carbonyl (C=O) groups is 1. The van der Waals surface area contributed by atoms with E-state index in [4.69, 9.17) is 24.2 Å². The van der Waals surface area contributed by atoms with Gasteiger partial charge in [-0.05, 0) is 59.9 Å². The lowest BCUT2D eigenvalue weighted by atomic mass is 10.0. The van der Waals surface area contributed by atoms with Crippen LogP contribution in [0.5, 0.6) is 11.5 Å². The Morgan fingerprint density at radius 1 is 1.29 bits per heavy atom. The summed E-state index contributed by atoms with van der Waals surface area (Å²) >= 11 is 0. The predicted molar refractivity (Wildman–Crippen MR) is 435 cm³/mol. The number of aromatic nitrogens is 2. The van der Waals surface area contributed by atoms with Crippen LogP contribution >= 0.6 is 0 Å². The molecule has 9 heteroatoms. The monoisotopic (exact) mass is 760 g/mol. The molecule has 0 saturated carbocycles. The van der Waals surface area contributed by atoms with Crippen molar-refractivity contribution in [1.82, 2.24) is 15.3 Å². The van der Waals surface area contributed by atoms with Crippen molar-refractivity contribution in [1.29, 1.82) is 0 Å². The molecule has 9 nitrogen and oxygen atoms in total. The van der Waals surface area contributed by atoms with Gasteiger partial charge in [-0.1, -0.05) is 0 Å². The molecule has 1 unspecified atom stereocenters. The Morgan fingerprint density at radius 2 is 2.09 bits per heavy atom. The van der Waals surface area contributed by atoms with Crippen LogP contribution in [0.4, 0.5) is 11.8 Å². The molecule has 1 fully saturated rings. The van der Waals surface area contributed by atoms with Crippen molar-refractivity contribution in [2.45, 2.75) is 65.6 Å². The van der Waals surface area contributed by atoms with E-state index in [0.717, 1.165) is 49.1 Å². The SMILES string of the molecule is CCOc1cc2c(NC)nc(N(CC)CCCNC(=O)C3(C)CCCO3)nc2cc1OC(C)C.[HH].[HH].[HH].[HH].[HH].[HH].[HH].[HH].[HH].[HH].[HH].[HH].[HH].[HH].[HH].[HH].[HH].[HH].[HH].[HH].[HH].[HH].[HH].[HH].[HH].[HH].[HH].[HH].[HH].[HH].[HH].[HH].[HH].[HH].[HH].[HH].[HH].[HH].[HH].[HH].[HH].[HH].[HH].[HH].[HH].[HH].[HH].[HH].[HH].[HH].[HH].[HH].[HH].[HH].[HH].[HH].[HH].[HH].[HH].[HH].[HH].[HH].[HH].[HH].[HH].[HH].[HH].[HH].[HH].[HH].[HH].[HH].[HH].[HH].[HH].[HH].[HH].[HH].[HH].[HH].[HH].[HH].[HH].[HH].[HH].[HH].[HH].[HH].[HH].[HH].[HH].[HH].[HH].[HH].[HH].[HH].[HH].[HH].[HH].[HH].[HH].[HH].[HH].[HH].[HH].[HH].[HH].[HH].[HH].[HH].[HH].[HH].[HH].[HH].[HH].[HH].[HH].[HH].[HH].[HH].[HH].[HH].[HH].[HH].[HH].[HH].[HH].[HH].[HH].[HH].[HH].[HH].[HH].[HH].[HH].[HH].[HH].[HH].[HH].[HH].[HH].[HH]. The smallest absolute Gasteiger partial charge is 0.251 e. The van der Waals surface area contributed by atoms with Gasteiger partial charge in [0.1, 0.15) is 11.4 Å². The van der Waals surface area contributed by atoms with E-state index in [1.54, 1.807) is 0 Å². The molecule has 1 amide bonds. The summed E-state index contributed by atoms with van der Waals surface area (Å²) in [5.41, 5.74) is 0.0930. The zero-order chi connectivity index (χ0) is 24.7. The second-order valence-electron chi connectivity index (χ2n) is 8.91. The average Bonchev–Trinajstić information content (AvgIpc) is 3.26. The van der Waals surface area contributed by atoms with Crippen LogP contribution in [0.15, 0.2) is 12.1 Å². The summed E-state index contributed by atoms with van der Waals surface area (Å²) < 4.78 is 17.4. The molecule has 0 spiro atoms. The van der Waals surface area contributed by atoms with Crippen LogP contribution in [0.3, 0.4) is 0 Å². The van der Waals surface area contributed by atoms with Crippen LogP contribution in [0.1, 0.15) is 256 Å². The first-order valence-corrected chi connectivity index (χ1v) is 12.3. The molecule has 3 rings (SSSR count). The maximum atomic E-state index is 12.5. The maximum Gasteiger partial charge on any atom is 0.251 e. The van der Waals surface area contributed by atoms with E-state index in [2.05, 4.69) is 22.5 Å². The van der Waals surface area contributed by atoms with E-state index in [9.17, 15) is 4.79 Å². The molecule has 1 aromatic heterocycles. The normalized spacial score (nSPS) is 17.7. The minimum Gasteiger partial charge on any atom is -0.490 e. The van der Waals surface area contributed by atoms with Crippen LogP contribution in [0.2, 0.25) is 0 Å². The molecular weight excluding hydrogens is 434 g/mol. The van der Waals surface area contributed by atoms with E-state index in [1.165, 1.54) is 0 Å². The maximum absolute atomic E-state index is 12.5. The van der Waals surface area contributed by atoms with Crippen LogP contribution in [0.25, 0.3) is 10.9 Å². The van der Waals surface area contributed by atoms with E-state index in [0.29, 0.717) is 37.2 Å². The van der Waals surface area contributed by atoms with Gasteiger partial charge in [-0.2, -0.15) is 4.98 Å².